The number of ketones is 3. The van der Waals surface area contributed by atoms with E-state index in [-0.39, 0.29) is 42.2 Å². The molecule has 6 unspecified atom stereocenters. The normalized spacial score (nSPS) is 42.2. The van der Waals surface area contributed by atoms with Crippen LogP contribution in [0.3, 0.4) is 0 Å². The number of carbonyl (C=O) groups excluding carboxylic acids is 3. The van der Waals surface area contributed by atoms with Gasteiger partial charge in [0.15, 0.2) is 11.6 Å². The van der Waals surface area contributed by atoms with E-state index in [2.05, 4.69) is 0 Å². The summed E-state index contributed by atoms with van der Waals surface area (Å²) in [5.41, 5.74) is -2.10. The lowest BCUT2D eigenvalue weighted by Gasteiger charge is -2.56. The van der Waals surface area contributed by atoms with E-state index in [0.717, 1.165) is 18.4 Å². The number of fused-ring (bicyclic) bond motifs is 5. The van der Waals surface area contributed by atoms with Crippen LogP contribution in [-0.2, 0) is 23.9 Å². The molecule has 0 radical (unpaired) electrons. The van der Waals surface area contributed by atoms with Gasteiger partial charge >= 0.3 is 5.97 Å². The summed E-state index contributed by atoms with van der Waals surface area (Å²) >= 11 is 0. The second-order valence-electron chi connectivity index (χ2n) is 9.74. The highest BCUT2D eigenvalue weighted by Crippen LogP contribution is 2.66. The third-order valence-electron chi connectivity index (χ3n) is 8.33. The van der Waals surface area contributed by atoms with Gasteiger partial charge in [0, 0.05) is 23.2 Å². The van der Waals surface area contributed by atoms with Crippen LogP contribution in [-0.4, -0.2) is 52.3 Å². The highest BCUT2D eigenvalue weighted by molar-refractivity contribution is 6.02. The summed E-state index contributed by atoms with van der Waals surface area (Å²) in [7, 11) is 0. The van der Waals surface area contributed by atoms with E-state index in [4.69, 9.17) is 9.84 Å². The van der Waals surface area contributed by atoms with Crippen molar-refractivity contribution < 1.29 is 34.1 Å². The summed E-state index contributed by atoms with van der Waals surface area (Å²) in [4.78, 5) is 48.8. The second-order valence-corrected chi connectivity index (χ2v) is 9.74. The van der Waals surface area contributed by atoms with E-state index >= 15 is 0 Å². The Hall–Kier alpha value is -2.12. The molecule has 2 N–H and O–H groups in total. The van der Waals surface area contributed by atoms with Gasteiger partial charge in [0.25, 0.3) is 0 Å². The maximum Gasteiger partial charge on any atom is 0.329 e. The minimum absolute atomic E-state index is 0.00183. The number of ether oxygens (including phenoxy) is 1. The minimum Gasteiger partial charge on any atom is -0.480 e. The smallest absolute Gasteiger partial charge is 0.329 e. The van der Waals surface area contributed by atoms with Crippen LogP contribution in [0.4, 0.5) is 0 Å². The van der Waals surface area contributed by atoms with Crippen LogP contribution in [0.1, 0.15) is 46.0 Å². The molecule has 0 bridgehead atoms. The Bertz CT molecular complexity index is 886. The molecule has 4 rings (SSSR count). The van der Waals surface area contributed by atoms with Crippen molar-refractivity contribution in [2.45, 2.75) is 51.6 Å². The van der Waals surface area contributed by atoms with Crippen LogP contribution in [0, 0.1) is 28.6 Å². The number of rotatable bonds is 5. The van der Waals surface area contributed by atoms with Crippen LogP contribution in [0.2, 0.25) is 0 Å². The summed E-state index contributed by atoms with van der Waals surface area (Å²) in [5, 5.41) is 20.1. The molecule has 7 heteroatoms. The van der Waals surface area contributed by atoms with E-state index < -0.39 is 41.4 Å². The molecule has 3 saturated carbocycles. The fourth-order valence-electron chi connectivity index (χ4n) is 6.84. The van der Waals surface area contributed by atoms with E-state index in [1.54, 1.807) is 12.2 Å². The topological polar surface area (TPSA) is 118 Å². The average molecular weight is 416 g/mol. The minimum atomic E-state index is -1.70. The van der Waals surface area contributed by atoms with Gasteiger partial charge in [0.2, 0.25) is 0 Å². The summed E-state index contributed by atoms with van der Waals surface area (Å²) in [6, 6.07) is 0. The van der Waals surface area contributed by atoms with Crippen molar-refractivity contribution in [3.05, 3.63) is 23.8 Å². The maximum atomic E-state index is 13.5. The van der Waals surface area contributed by atoms with Gasteiger partial charge in [-0.05, 0) is 49.7 Å². The summed E-state index contributed by atoms with van der Waals surface area (Å²) in [5.74, 6) is -2.00. The van der Waals surface area contributed by atoms with Crippen molar-refractivity contribution in [2.24, 2.45) is 28.6 Å². The number of carbonyl (C=O) groups is 4. The molecule has 0 aliphatic heterocycles. The first-order valence-corrected chi connectivity index (χ1v) is 10.5. The second kappa shape index (κ2) is 6.95. The van der Waals surface area contributed by atoms with Gasteiger partial charge in [-0.25, -0.2) is 4.79 Å². The largest absolute Gasteiger partial charge is 0.480 e. The lowest BCUT2D eigenvalue weighted by molar-refractivity contribution is -0.170. The van der Waals surface area contributed by atoms with Crippen LogP contribution < -0.4 is 0 Å². The number of aliphatic hydroxyl groups is 1. The predicted octanol–water partition coefficient (Wildman–Crippen LogP) is 1.87. The SMILES string of the molecule is CC12C=CC(=O)C=C1CCC1C2C(=O)CC2(C)C1CCC2(O)C(=O)COCC(=O)O. The van der Waals surface area contributed by atoms with Crippen molar-refractivity contribution in [2.75, 3.05) is 13.2 Å². The van der Waals surface area contributed by atoms with Gasteiger partial charge in [-0.1, -0.05) is 25.5 Å². The molecule has 3 fully saturated rings. The van der Waals surface area contributed by atoms with Gasteiger partial charge in [-0.3, -0.25) is 14.4 Å². The number of carboxylic acid groups (broad SMARTS) is 1. The van der Waals surface area contributed by atoms with Crippen LogP contribution >= 0.6 is 0 Å². The van der Waals surface area contributed by atoms with Crippen molar-refractivity contribution in [3.63, 3.8) is 0 Å². The van der Waals surface area contributed by atoms with E-state index in [1.807, 2.05) is 19.9 Å². The molecule has 0 spiro atoms. The molecular formula is C23H28O7. The first kappa shape index (κ1) is 21.1. The molecule has 0 aromatic heterocycles. The summed E-state index contributed by atoms with van der Waals surface area (Å²) < 4.78 is 4.95. The molecule has 4 aliphatic carbocycles. The molecule has 0 aromatic rings. The molecular weight excluding hydrogens is 388 g/mol. The molecule has 30 heavy (non-hydrogen) atoms. The van der Waals surface area contributed by atoms with Gasteiger partial charge in [-0.15, -0.1) is 0 Å². The first-order chi connectivity index (χ1) is 14.0. The zero-order valence-electron chi connectivity index (χ0n) is 17.3. The quantitative estimate of drug-likeness (QED) is 0.702. The van der Waals surface area contributed by atoms with Crippen molar-refractivity contribution in [1.29, 1.82) is 0 Å². The maximum absolute atomic E-state index is 13.5. The molecule has 0 aromatic carbocycles. The Morgan fingerprint density at radius 1 is 1.20 bits per heavy atom. The molecule has 0 saturated heterocycles. The summed E-state index contributed by atoms with van der Waals surface area (Å²) in [6.45, 7) is 2.75. The van der Waals surface area contributed by atoms with E-state index in [9.17, 15) is 24.3 Å². The number of Topliss-reactive ketones (excluding diaryl/α,β-unsaturated/α-hetero) is 2. The van der Waals surface area contributed by atoms with Gasteiger partial charge in [0.05, 0.1) is 0 Å². The molecule has 162 valence electrons. The Morgan fingerprint density at radius 3 is 2.63 bits per heavy atom. The lowest BCUT2D eigenvalue weighted by atomic mass is 9.46. The predicted molar refractivity (Wildman–Crippen MR) is 105 cm³/mol. The van der Waals surface area contributed by atoms with Crippen LogP contribution in [0.15, 0.2) is 23.8 Å². The van der Waals surface area contributed by atoms with Crippen LogP contribution in [0.25, 0.3) is 0 Å². The number of hydrogen-bond acceptors (Lipinski definition) is 6. The highest BCUT2D eigenvalue weighted by Gasteiger charge is 2.68. The number of hydrogen-bond donors (Lipinski definition) is 2. The Morgan fingerprint density at radius 2 is 1.93 bits per heavy atom. The number of carboxylic acids is 1. The fourth-order valence-corrected chi connectivity index (χ4v) is 6.84. The first-order valence-electron chi connectivity index (χ1n) is 10.5. The standard InChI is InChI=1S/C23H28O7/c1-21-7-5-14(24)9-13(21)3-4-15-16-6-8-23(29,18(26)11-30-12-19(27)28)22(16,2)10-17(25)20(15)21/h5,7,9,15-16,20,29H,3-4,6,8,10-12H2,1-2H3,(H,27,28). The molecule has 0 amide bonds. The van der Waals surface area contributed by atoms with Gasteiger partial charge < -0.3 is 14.9 Å². The Balaban J connectivity index is 1.62. The Labute approximate surface area is 175 Å². The molecule has 6 atom stereocenters. The lowest BCUT2D eigenvalue weighted by Crippen LogP contribution is -2.60. The zero-order valence-corrected chi connectivity index (χ0v) is 17.3. The van der Waals surface area contributed by atoms with E-state index in [1.165, 1.54) is 0 Å². The van der Waals surface area contributed by atoms with Crippen LogP contribution in [0.5, 0.6) is 0 Å². The van der Waals surface area contributed by atoms with Crippen molar-refractivity contribution >= 4 is 23.3 Å². The third kappa shape index (κ3) is 2.86. The number of allylic oxidation sites excluding steroid dienone is 4. The molecule has 7 nitrogen and oxygen atoms in total. The van der Waals surface area contributed by atoms with Gasteiger partial charge in [-0.2, -0.15) is 0 Å². The van der Waals surface area contributed by atoms with Gasteiger partial charge in [0.1, 0.15) is 24.6 Å². The Kier molecular flexibility index (Phi) is 4.90. The molecule has 0 heterocycles. The number of aliphatic carboxylic acids is 1. The van der Waals surface area contributed by atoms with Crippen molar-refractivity contribution in [1.82, 2.24) is 0 Å². The van der Waals surface area contributed by atoms with E-state index in [0.29, 0.717) is 6.42 Å². The monoisotopic (exact) mass is 416 g/mol. The van der Waals surface area contributed by atoms with Crippen molar-refractivity contribution in [3.8, 4) is 0 Å². The third-order valence-corrected chi connectivity index (χ3v) is 8.33. The fraction of sp³-hybridized carbons (Fsp3) is 0.652. The highest BCUT2D eigenvalue weighted by atomic mass is 16.5. The average Bonchev–Trinajstić information content (AvgIpc) is 2.93. The molecule has 4 aliphatic rings. The summed E-state index contributed by atoms with van der Waals surface area (Å²) in [6.07, 6.45) is 7.50. The zero-order chi connectivity index (χ0) is 21.9.